The number of alkyl halides is 2. The zero-order valence-electron chi connectivity index (χ0n) is 22.2. The Labute approximate surface area is 251 Å². The summed E-state index contributed by atoms with van der Waals surface area (Å²) in [5.41, 5.74) is 0.815. The van der Waals surface area contributed by atoms with Crippen LogP contribution < -0.4 is 23.9 Å². The van der Waals surface area contributed by atoms with Crippen LogP contribution in [0.4, 0.5) is 14.5 Å². The molecule has 1 aromatic heterocycles. The maximum atomic E-state index is 13.4. The Kier molecular flexibility index (Phi) is 10.1. The highest BCUT2D eigenvalue weighted by molar-refractivity contribution is 7.95. The number of pyridine rings is 1. The fourth-order valence-corrected chi connectivity index (χ4v) is 5.00. The maximum Gasteiger partial charge on any atom is 0.387 e. The third-order valence-electron chi connectivity index (χ3n) is 6.27. The van der Waals surface area contributed by atoms with Gasteiger partial charge in [0.25, 0.3) is 10.0 Å². The fraction of sp³-hybridized carbons (Fsp3) is 0.286. The Morgan fingerprint density at radius 2 is 1.81 bits per heavy atom. The molecule has 1 aliphatic carbocycles. The van der Waals surface area contributed by atoms with E-state index in [0.29, 0.717) is 29.1 Å². The van der Waals surface area contributed by atoms with Crippen LogP contribution in [0.1, 0.15) is 40.4 Å². The minimum absolute atomic E-state index is 0.00130. The SMILES string of the molecule is C=CS(=O)(=O)Nc1cc(C(=O)O[C@@H](Cc2c(Cl)c[nH+]cc2Cl)c2ccc(OC(F)F)c(OCC3CC3)c2)ccc1OC. The highest BCUT2D eigenvalue weighted by atomic mass is 35.5. The van der Waals surface area contributed by atoms with Crippen molar-refractivity contribution >= 4 is 44.9 Å². The lowest BCUT2D eigenvalue weighted by molar-refractivity contribution is -0.377. The fourth-order valence-electron chi connectivity index (χ4n) is 3.91. The van der Waals surface area contributed by atoms with Crippen molar-refractivity contribution in [3.63, 3.8) is 0 Å². The highest BCUT2D eigenvalue weighted by Gasteiger charge is 2.27. The molecule has 0 spiro atoms. The number of methoxy groups -OCH3 is 1. The highest BCUT2D eigenvalue weighted by Crippen LogP contribution is 2.38. The second-order valence-electron chi connectivity index (χ2n) is 9.30. The maximum absolute atomic E-state index is 13.4. The van der Waals surface area contributed by atoms with E-state index < -0.39 is 28.7 Å². The Morgan fingerprint density at radius 3 is 2.43 bits per heavy atom. The lowest BCUT2D eigenvalue weighted by atomic mass is 10.0. The first-order valence-corrected chi connectivity index (χ1v) is 14.9. The number of rotatable bonds is 14. The molecule has 3 aromatic rings. The Bertz CT molecular complexity index is 1550. The number of aromatic amines is 1. The molecule has 0 amide bonds. The first-order chi connectivity index (χ1) is 20.0. The minimum Gasteiger partial charge on any atom is -0.495 e. The van der Waals surface area contributed by atoms with Gasteiger partial charge in [-0.3, -0.25) is 4.72 Å². The van der Waals surface area contributed by atoms with Gasteiger partial charge in [0.15, 0.2) is 23.9 Å². The predicted molar refractivity (Wildman–Crippen MR) is 152 cm³/mol. The van der Waals surface area contributed by atoms with Crippen LogP contribution in [0, 0.1) is 5.92 Å². The molecule has 0 bridgehead atoms. The summed E-state index contributed by atoms with van der Waals surface area (Å²) in [4.78, 5) is 16.2. The summed E-state index contributed by atoms with van der Waals surface area (Å²) in [6, 6.07) is 8.28. The zero-order chi connectivity index (χ0) is 30.4. The van der Waals surface area contributed by atoms with E-state index in [1.165, 1.54) is 55.9 Å². The van der Waals surface area contributed by atoms with Crippen LogP contribution in [0.25, 0.3) is 0 Å². The molecule has 9 nitrogen and oxygen atoms in total. The van der Waals surface area contributed by atoms with Gasteiger partial charge in [0, 0.05) is 17.4 Å². The van der Waals surface area contributed by atoms with Crippen molar-refractivity contribution in [1.82, 2.24) is 0 Å². The molecule has 0 aliphatic heterocycles. The van der Waals surface area contributed by atoms with E-state index in [0.717, 1.165) is 12.8 Å². The van der Waals surface area contributed by atoms with Crippen LogP contribution in [0.15, 0.2) is 60.8 Å². The van der Waals surface area contributed by atoms with Gasteiger partial charge in [-0.25, -0.2) is 18.2 Å². The molecule has 0 unspecified atom stereocenters. The van der Waals surface area contributed by atoms with Gasteiger partial charge in [-0.15, -0.1) is 0 Å². The van der Waals surface area contributed by atoms with Crippen LogP contribution in [0.3, 0.4) is 0 Å². The van der Waals surface area contributed by atoms with Gasteiger partial charge in [-0.2, -0.15) is 8.78 Å². The standard InChI is InChI=1S/C28H26Cl2F2N2O7S/c1-3-42(36,37)34-22-10-18(7-8-23(22)38-2)27(35)40-25(12-19-20(29)13-33-14-21(19)30)17-6-9-24(41-28(31)32)26(11-17)39-15-16-4-5-16/h3,6-11,13-14,16,25,28,34H,1,4-5,12,15H2,2H3/p+1/t25-/m0/s1. The number of benzene rings is 2. The van der Waals surface area contributed by atoms with E-state index in [4.69, 9.17) is 37.4 Å². The molecule has 2 N–H and O–H groups in total. The molecule has 0 saturated heterocycles. The van der Waals surface area contributed by atoms with Gasteiger partial charge >= 0.3 is 12.6 Å². The summed E-state index contributed by atoms with van der Waals surface area (Å²) < 4.78 is 74.1. The molecule has 42 heavy (non-hydrogen) atoms. The number of nitrogens with one attached hydrogen (secondary N) is 2. The topological polar surface area (TPSA) is 114 Å². The van der Waals surface area contributed by atoms with Crippen molar-refractivity contribution in [3.8, 4) is 17.2 Å². The van der Waals surface area contributed by atoms with Crippen molar-refractivity contribution in [1.29, 1.82) is 0 Å². The molecular formula is C28H27Cl2F2N2O7S+. The quantitative estimate of drug-likeness (QED) is 0.207. The first kappa shape index (κ1) is 31.3. The van der Waals surface area contributed by atoms with Crippen LogP contribution >= 0.6 is 23.2 Å². The van der Waals surface area contributed by atoms with Crippen LogP contribution in [-0.4, -0.2) is 34.7 Å². The van der Waals surface area contributed by atoms with Gasteiger partial charge in [0.1, 0.15) is 21.9 Å². The number of carbonyl (C=O) groups is 1. The summed E-state index contributed by atoms with van der Waals surface area (Å²) in [6.07, 6.45) is 3.93. The van der Waals surface area contributed by atoms with E-state index in [9.17, 15) is 22.0 Å². The van der Waals surface area contributed by atoms with Crippen LogP contribution in [0.2, 0.25) is 10.0 Å². The van der Waals surface area contributed by atoms with Gasteiger partial charge in [0.2, 0.25) is 0 Å². The Balaban J connectivity index is 1.70. The van der Waals surface area contributed by atoms with Gasteiger partial charge in [-0.1, -0.05) is 35.8 Å². The van der Waals surface area contributed by atoms with Crippen molar-refractivity contribution in [2.75, 3.05) is 18.4 Å². The van der Waals surface area contributed by atoms with Crippen molar-refractivity contribution < 1.29 is 45.9 Å². The molecule has 14 heteroatoms. The summed E-state index contributed by atoms with van der Waals surface area (Å²) in [7, 11) is -2.58. The van der Waals surface area contributed by atoms with Crippen molar-refractivity contribution in [2.45, 2.75) is 32.0 Å². The number of hydrogen-bond acceptors (Lipinski definition) is 7. The number of halogens is 4. The molecule has 224 valence electrons. The largest absolute Gasteiger partial charge is 0.495 e. The minimum atomic E-state index is -3.92. The van der Waals surface area contributed by atoms with Crippen LogP contribution in [0.5, 0.6) is 17.2 Å². The normalized spacial score (nSPS) is 13.8. The van der Waals surface area contributed by atoms with Crippen molar-refractivity contribution in [3.05, 3.63) is 87.5 Å². The van der Waals surface area contributed by atoms with Crippen LogP contribution in [-0.2, 0) is 21.2 Å². The average molecular weight is 644 g/mol. The first-order valence-electron chi connectivity index (χ1n) is 12.6. The molecule has 1 aliphatic rings. The molecule has 4 rings (SSSR count). The Hall–Kier alpha value is -3.61. The number of anilines is 1. The monoisotopic (exact) mass is 643 g/mol. The summed E-state index contributed by atoms with van der Waals surface area (Å²) >= 11 is 12.8. The number of ether oxygens (including phenoxy) is 4. The summed E-state index contributed by atoms with van der Waals surface area (Å²) in [5.74, 6) is -0.462. The van der Waals surface area contributed by atoms with E-state index in [1.54, 1.807) is 0 Å². The molecule has 1 heterocycles. The summed E-state index contributed by atoms with van der Waals surface area (Å²) in [5, 5.41) is 1.26. The number of H-pyrrole nitrogens is 1. The van der Waals surface area contributed by atoms with E-state index >= 15 is 0 Å². The average Bonchev–Trinajstić information content (AvgIpc) is 3.78. The third kappa shape index (κ3) is 8.24. The number of aromatic nitrogens is 1. The molecule has 1 fully saturated rings. The lowest BCUT2D eigenvalue weighted by Crippen LogP contribution is -2.17. The van der Waals surface area contributed by atoms with Gasteiger partial charge < -0.3 is 18.9 Å². The number of carbonyl (C=O) groups excluding carboxylic acids is 1. The number of esters is 1. The molecule has 0 radical (unpaired) electrons. The smallest absolute Gasteiger partial charge is 0.387 e. The van der Waals surface area contributed by atoms with Gasteiger partial charge in [-0.05, 0) is 54.7 Å². The molecule has 1 atom stereocenters. The molecule has 2 aromatic carbocycles. The zero-order valence-corrected chi connectivity index (χ0v) is 24.6. The molecule has 1 saturated carbocycles. The Morgan fingerprint density at radius 1 is 1.12 bits per heavy atom. The van der Waals surface area contributed by atoms with E-state index in [2.05, 4.69) is 21.0 Å². The lowest BCUT2D eigenvalue weighted by Gasteiger charge is -2.21. The summed E-state index contributed by atoms with van der Waals surface area (Å²) in [6.45, 7) is 0.495. The number of hydrogen-bond donors (Lipinski definition) is 1. The molecular weight excluding hydrogens is 617 g/mol. The van der Waals surface area contributed by atoms with Crippen molar-refractivity contribution in [2.24, 2.45) is 5.92 Å². The predicted octanol–water partition coefficient (Wildman–Crippen LogP) is 6.23. The van der Waals surface area contributed by atoms with E-state index in [1.807, 2.05) is 0 Å². The van der Waals surface area contributed by atoms with E-state index in [-0.39, 0.29) is 45.0 Å². The second-order valence-corrected chi connectivity index (χ2v) is 11.7. The second kappa shape index (κ2) is 13.6. The third-order valence-corrected chi connectivity index (χ3v) is 7.89. The van der Waals surface area contributed by atoms with Gasteiger partial charge in [0.05, 0.1) is 25.0 Å². The number of sulfonamides is 1.